The maximum atomic E-state index is 12.6. The van der Waals surface area contributed by atoms with Crippen LogP contribution in [0.5, 0.6) is 0 Å². The molecule has 1 unspecified atom stereocenters. The van der Waals surface area contributed by atoms with Gasteiger partial charge in [0.25, 0.3) is 0 Å². The van der Waals surface area contributed by atoms with Crippen molar-refractivity contribution in [1.82, 2.24) is 20.5 Å². The van der Waals surface area contributed by atoms with E-state index in [0.717, 1.165) is 49.2 Å². The lowest BCUT2D eigenvalue weighted by atomic mass is 10.1. The van der Waals surface area contributed by atoms with Gasteiger partial charge in [-0.05, 0) is 37.0 Å². The van der Waals surface area contributed by atoms with Crippen molar-refractivity contribution < 1.29 is 4.79 Å². The number of hydrogen-bond acceptors (Lipinski definition) is 3. The molecule has 1 saturated heterocycles. The second-order valence-electron chi connectivity index (χ2n) is 7.81. The molecule has 2 aromatic rings. The summed E-state index contributed by atoms with van der Waals surface area (Å²) in [6, 6.07) is 10.5. The Kier molecular flexibility index (Phi) is 7.69. The fourth-order valence-electron chi connectivity index (χ4n) is 4.39. The Morgan fingerprint density at radius 1 is 1.21 bits per heavy atom. The minimum absolute atomic E-state index is 0. The molecular formula is C22H30IN5O. The van der Waals surface area contributed by atoms with E-state index in [2.05, 4.69) is 26.7 Å². The third-order valence-corrected chi connectivity index (χ3v) is 5.95. The predicted octanol–water partition coefficient (Wildman–Crippen LogP) is 3.31. The van der Waals surface area contributed by atoms with Gasteiger partial charge in [-0.1, -0.05) is 31.0 Å². The number of para-hydroxylation sites is 1. The van der Waals surface area contributed by atoms with Crippen molar-refractivity contribution in [3.05, 3.63) is 42.1 Å². The molecule has 1 amide bonds. The van der Waals surface area contributed by atoms with Gasteiger partial charge in [-0.25, -0.2) is 0 Å². The molecule has 1 aliphatic heterocycles. The quantitative estimate of drug-likeness (QED) is 0.379. The van der Waals surface area contributed by atoms with Gasteiger partial charge < -0.3 is 15.5 Å². The van der Waals surface area contributed by atoms with Crippen LogP contribution in [0.2, 0.25) is 0 Å². The Bertz CT molecular complexity index is 860. The first kappa shape index (κ1) is 21.8. The van der Waals surface area contributed by atoms with Gasteiger partial charge in [0.1, 0.15) is 0 Å². The summed E-state index contributed by atoms with van der Waals surface area (Å²) in [6.45, 7) is 2.30. The van der Waals surface area contributed by atoms with Crippen molar-refractivity contribution in [2.75, 3.05) is 20.1 Å². The molecule has 6 nitrogen and oxygen atoms in total. The highest BCUT2D eigenvalue weighted by Crippen LogP contribution is 2.27. The first-order valence-electron chi connectivity index (χ1n) is 10.3. The number of carbonyl (C=O) groups excluding carboxylic acids is 1. The summed E-state index contributed by atoms with van der Waals surface area (Å²) in [5.41, 5.74) is 2.19. The Morgan fingerprint density at radius 2 is 2.00 bits per heavy atom. The molecule has 1 atom stereocenters. The molecule has 0 radical (unpaired) electrons. The van der Waals surface area contributed by atoms with Crippen molar-refractivity contribution in [3.8, 4) is 0 Å². The number of fused-ring (bicyclic) bond motifs is 1. The van der Waals surface area contributed by atoms with E-state index in [-0.39, 0.29) is 35.9 Å². The van der Waals surface area contributed by atoms with Crippen LogP contribution < -0.4 is 10.6 Å². The topological polar surface area (TPSA) is 69.6 Å². The molecule has 29 heavy (non-hydrogen) atoms. The van der Waals surface area contributed by atoms with Crippen LogP contribution in [0.3, 0.4) is 0 Å². The summed E-state index contributed by atoms with van der Waals surface area (Å²) >= 11 is 0. The van der Waals surface area contributed by atoms with Gasteiger partial charge in [-0.3, -0.25) is 14.8 Å². The number of carbonyl (C=O) groups is 1. The summed E-state index contributed by atoms with van der Waals surface area (Å²) in [4.78, 5) is 23.5. The number of pyridine rings is 1. The Morgan fingerprint density at radius 3 is 2.79 bits per heavy atom. The number of nitrogens with zero attached hydrogens (tertiary/aromatic N) is 3. The number of halogens is 1. The maximum absolute atomic E-state index is 12.6. The average Bonchev–Trinajstić information content (AvgIpc) is 3.43. The lowest BCUT2D eigenvalue weighted by Crippen LogP contribution is -2.45. The molecule has 1 saturated carbocycles. The van der Waals surface area contributed by atoms with Crippen molar-refractivity contribution in [2.45, 2.75) is 44.7 Å². The zero-order valence-electron chi connectivity index (χ0n) is 16.9. The summed E-state index contributed by atoms with van der Waals surface area (Å²) in [6.07, 6.45) is 7.35. The van der Waals surface area contributed by atoms with Crippen LogP contribution >= 0.6 is 24.0 Å². The first-order chi connectivity index (χ1) is 13.7. The Hall–Kier alpha value is -1.90. The zero-order chi connectivity index (χ0) is 19.3. The van der Waals surface area contributed by atoms with Gasteiger partial charge in [0.05, 0.1) is 5.52 Å². The monoisotopic (exact) mass is 507 g/mol. The molecule has 2 N–H and O–H groups in total. The van der Waals surface area contributed by atoms with Crippen LogP contribution in [-0.2, 0) is 11.3 Å². The average molecular weight is 507 g/mol. The van der Waals surface area contributed by atoms with Crippen LogP contribution in [0.1, 0.15) is 37.7 Å². The van der Waals surface area contributed by atoms with E-state index in [1.807, 2.05) is 35.4 Å². The number of benzene rings is 1. The first-order valence-corrected chi connectivity index (χ1v) is 10.3. The van der Waals surface area contributed by atoms with E-state index in [9.17, 15) is 4.79 Å². The van der Waals surface area contributed by atoms with Crippen LogP contribution in [-0.4, -0.2) is 47.9 Å². The number of guanidine groups is 1. The van der Waals surface area contributed by atoms with Crippen LogP contribution in [0.15, 0.2) is 41.5 Å². The molecular weight excluding hydrogens is 477 g/mol. The smallest absolute Gasteiger partial charge is 0.225 e. The molecule has 0 spiro atoms. The summed E-state index contributed by atoms with van der Waals surface area (Å²) in [7, 11) is 1.79. The van der Waals surface area contributed by atoms with Gasteiger partial charge in [-0.2, -0.15) is 0 Å². The molecule has 1 aromatic heterocycles. The lowest BCUT2D eigenvalue weighted by molar-refractivity contribution is -0.134. The van der Waals surface area contributed by atoms with Crippen molar-refractivity contribution in [2.24, 2.45) is 10.9 Å². The van der Waals surface area contributed by atoms with E-state index in [4.69, 9.17) is 0 Å². The van der Waals surface area contributed by atoms with Crippen LogP contribution in [0, 0.1) is 5.92 Å². The van der Waals surface area contributed by atoms with E-state index in [0.29, 0.717) is 12.5 Å². The standard InChI is InChI=1S/C22H29N5O.HI/c1-23-22(25-14-17-10-12-24-20-9-5-4-8-19(17)20)26-18-11-13-27(15-18)21(28)16-6-2-3-7-16;/h4-5,8-10,12,16,18H,2-3,6-7,11,13-15H2,1H3,(H2,23,25,26);1H. The highest BCUT2D eigenvalue weighted by Gasteiger charge is 2.32. The van der Waals surface area contributed by atoms with E-state index < -0.39 is 0 Å². The SMILES string of the molecule is CN=C(NCc1ccnc2ccccc12)NC1CCN(C(=O)C2CCCC2)C1.I. The van der Waals surface area contributed by atoms with E-state index in [1.165, 1.54) is 18.4 Å². The minimum atomic E-state index is 0. The second-order valence-corrected chi connectivity index (χ2v) is 7.81. The predicted molar refractivity (Wildman–Crippen MR) is 127 cm³/mol. The molecule has 2 fully saturated rings. The van der Waals surface area contributed by atoms with Gasteiger partial charge in [0.15, 0.2) is 5.96 Å². The maximum Gasteiger partial charge on any atom is 0.225 e. The van der Waals surface area contributed by atoms with Crippen LogP contribution in [0.25, 0.3) is 10.9 Å². The van der Waals surface area contributed by atoms with Crippen LogP contribution in [0.4, 0.5) is 0 Å². The third kappa shape index (κ3) is 5.18. The number of aliphatic imine (C=N–C) groups is 1. The summed E-state index contributed by atoms with van der Waals surface area (Å²) < 4.78 is 0. The minimum Gasteiger partial charge on any atom is -0.352 e. The lowest BCUT2D eigenvalue weighted by Gasteiger charge is -2.21. The highest BCUT2D eigenvalue weighted by molar-refractivity contribution is 14.0. The molecule has 7 heteroatoms. The molecule has 1 aliphatic carbocycles. The number of hydrogen-bond donors (Lipinski definition) is 2. The summed E-state index contributed by atoms with van der Waals surface area (Å²) in [5, 5.41) is 8.06. The normalized spacial score (nSPS) is 20.0. The van der Waals surface area contributed by atoms with Gasteiger partial charge >= 0.3 is 0 Å². The summed E-state index contributed by atoms with van der Waals surface area (Å²) in [5.74, 6) is 1.39. The number of aromatic nitrogens is 1. The molecule has 1 aromatic carbocycles. The number of nitrogens with one attached hydrogen (secondary N) is 2. The number of amides is 1. The van der Waals surface area contributed by atoms with E-state index in [1.54, 1.807) is 7.05 Å². The van der Waals surface area contributed by atoms with Gasteiger partial charge in [0, 0.05) is 50.2 Å². The molecule has 0 bridgehead atoms. The number of rotatable bonds is 4. The van der Waals surface area contributed by atoms with Crippen molar-refractivity contribution in [1.29, 1.82) is 0 Å². The largest absolute Gasteiger partial charge is 0.352 e. The van der Waals surface area contributed by atoms with Crippen molar-refractivity contribution >= 4 is 46.7 Å². The highest BCUT2D eigenvalue weighted by atomic mass is 127. The molecule has 156 valence electrons. The molecule has 4 rings (SSSR count). The third-order valence-electron chi connectivity index (χ3n) is 5.95. The fraction of sp³-hybridized carbons (Fsp3) is 0.500. The zero-order valence-corrected chi connectivity index (χ0v) is 19.3. The fourth-order valence-corrected chi connectivity index (χ4v) is 4.39. The molecule has 2 aliphatic rings. The van der Waals surface area contributed by atoms with Crippen molar-refractivity contribution in [3.63, 3.8) is 0 Å². The van der Waals surface area contributed by atoms with Gasteiger partial charge in [0.2, 0.25) is 5.91 Å². The molecule has 2 heterocycles. The van der Waals surface area contributed by atoms with E-state index >= 15 is 0 Å². The number of likely N-dealkylation sites (tertiary alicyclic amines) is 1. The Labute approximate surface area is 189 Å². The Balaban J connectivity index is 0.00000240. The second kappa shape index (κ2) is 10.2. The van der Waals surface area contributed by atoms with Gasteiger partial charge in [-0.15, -0.1) is 24.0 Å².